The van der Waals surface area contributed by atoms with Gasteiger partial charge in [-0.15, -0.1) is 11.8 Å². The highest BCUT2D eigenvalue weighted by Crippen LogP contribution is 2.18. The standard InChI is InChI=1S/C9H9BrN2O3S/c10-9-6(2-1-3-11-9)12-7(13)4-16-5-8(14)15/h1-3H,4-5H2,(H,12,13)(H,14,15). The minimum atomic E-state index is -0.930. The van der Waals surface area contributed by atoms with Gasteiger partial charge in [0, 0.05) is 6.20 Å². The third kappa shape index (κ3) is 4.63. The van der Waals surface area contributed by atoms with Crippen LogP contribution >= 0.6 is 27.7 Å². The number of hydrogen-bond donors (Lipinski definition) is 2. The number of hydrogen-bond acceptors (Lipinski definition) is 4. The van der Waals surface area contributed by atoms with E-state index < -0.39 is 5.97 Å². The first kappa shape index (κ1) is 13.0. The molecule has 0 saturated heterocycles. The van der Waals surface area contributed by atoms with Gasteiger partial charge in [-0.25, -0.2) is 4.98 Å². The van der Waals surface area contributed by atoms with Crippen LogP contribution in [-0.4, -0.2) is 33.5 Å². The fourth-order valence-corrected chi connectivity index (χ4v) is 1.78. The summed E-state index contributed by atoms with van der Waals surface area (Å²) >= 11 is 4.24. The third-order valence-corrected chi connectivity index (χ3v) is 3.04. The summed E-state index contributed by atoms with van der Waals surface area (Å²) in [6.07, 6.45) is 1.60. The number of amides is 1. The molecule has 1 aromatic heterocycles. The van der Waals surface area contributed by atoms with Gasteiger partial charge < -0.3 is 10.4 Å². The number of carbonyl (C=O) groups excluding carboxylic acids is 1. The summed E-state index contributed by atoms with van der Waals surface area (Å²) < 4.78 is 0.548. The summed E-state index contributed by atoms with van der Waals surface area (Å²) in [6.45, 7) is 0. The summed E-state index contributed by atoms with van der Waals surface area (Å²) in [5.74, 6) is -1.16. The van der Waals surface area contributed by atoms with Crippen LogP contribution in [0.1, 0.15) is 0 Å². The van der Waals surface area contributed by atoms with Crippen LogP contribution in [0.25, 0.3) is 0 Å². The molecule has 0 bridgehead atoms. The second-order valence-electron chi connectivity index (χ2n) is 2.78. The molecular weight excluding hydrogens is 296 g/mol. The Morgan fingerprint density at radius 2 is 2.25 bits per heavy atom. The van der Waals surface area contributed by atoms with Crippen molar-refractivity contribution in [3.63, 3.8) is 0 Å². The second kappa shape index (κ2) is 6.49. The molecule has 1 rings (SSSR count). The van der Waals surface area contributed by atoms with Crippen LogP contribution in [0.3, 0.4) is 0 Å². The molecule has 5 nitrogen and oxygen atoms in total. The summed E-state index contributed by atoms with van der Waals surface area (Å²) in [4.78, 5) is 25.5. The number of aromatic nitrogens is 1. The van der Waals surface area contributed by atoms with E-state index in [1.807, 2.05) is 0 Å². The largest absolute Gasteiger partial charge is 0.481 e. The number of nitrogens with one attached hydrogen (secondary N) is 1. The number of aliphatic carboxylic acids is 1. The minimum Gasteiger partial charge on any atom is -0.481 e. The zero-order valence-electron chi connectivity index (χ0n) is 8.14. The molecule has 0 aliphatic rings. The van der Waals surface area contributed by atoms with Crippen LogP contribution in [0, 0.1) is 0 Å². The SMILES string of the molecule is O=C(O)CSCC(=O)Nc1cccnc1Br. The maximum atomic E-state index is 11.4. The van der Waals surface area contributed by atoms with E-state index in [1.165, 1.54) is 0 Å². The van der Waals surface area contributed by atoms with Crippen molar-refractivity contribution in [3.8, 4) is 0 Å². The minimum absolute atomic E-state index is 0.0817. The van der Waals surface area contributed by atoms with Crippen LogP contribution < -0.4 is 5.32 Å². The molecule has 0 radical (unpaired) electrons. The predicted octanol–water partition coefficient (Wildman–Crippen LogP) is 1.60. The molecule has 86 valence electrons. The van der Waals surface area contributed by atoms with Gasteiger partial charge in [-0.2, -0.15) is 0 Å². The molecule has 1 amide bonds. The monoisotopic (exact) mass is 304 g/mol. The quantitative estimate of drug-likeness (QED) is 0.808. The lowest BCUT2D eigenvalue weighted by molar-refractivity contribution is -0.133. The molecule has 1 heterocycles. The van der Waals surface area contributed by atoms with Crippen molar-refractivity contribution in [1.29, 1.82) is 0 Å². The highest BCUT2D eigenvalue weighted by molar-refractivity contribution is 9.10. The lowest BCUT2D eigenvalue weighted by Crippen LogP contribution is -2.15. The zero-order valence-corrected chi connectivity index (χ0v) is 10.5. The van der Waals surface area contributed by atoms with E-state index in [0.717, 1.165) is 11.8 Å². The molecular formula is C9H9BrN2O3S. The van der Waals surface area contributed by atoms with Gasteiger partial charge in [0.05, 0.1) is 17.2 Å². The van der Waals surface area contributed by atoms with Crippen LogP contribution in [0.15, 0.2) is 22.9 Å². The Balaban J connectivity index is 2.40. The number of carboxylic acid groups (broad SMARTS) is 1. The Hall–Kier alpha value is -1.08. The Morgan fingerprint density at radius 3 is 2.88 bits per heavy atom. The summed E-state index contributed by atoms with van der Waals surface area (Å²) in [5, 5.41) is 11.0. The van der Waals surface area contributed by atoms with Crippen molar-refractivity contribution in [1.82, 2.24) is 4.98 Å². The number of anilines is 1. The van der Waals surface area contributed by atoms with Crippen molar-refractivity contribution in [2.45, 2.75) is 0 Å². The molecule has 0 unspecified atom stereocenters. The van der Waals surface area contributed by atoms with Crippen molar-refractivity contribution < 1.29 is 14.7 Å². The van der Waals surface area contributed by atoms with Gasteiger partial charge in [0.2, 0.25) is 5.91 Å². The molecule has 0 aliphatic carbocycles. The van der Waals surface area contributed by atoms with Crippen molar-refractivity contribution >= 4 is 45.3 Å². The van der Waals surface area contributed by atoms with Crippen molar-refractivity contribution in [3.05, 3.63) is 22.9 Å². The number of thioether (sulfide) groups is 1. The average molecular weight is 305 g/mol. The van der Waals surface area contributed by atoms with E-state index in [1.54, 1.807) is 18.3 Å². The van der Waals surface area contributed by atoms with Crippen molar-refractivity contribution in [2.75, 3.05) is 16.8 Å². The molecule has 0 fully saturated rings. The van der Waals surface area contributed by atoms with Crippen LogP contribution in [0.4, 0.5) is 5.69 Å². The van der Waals surface area contributed by atoms with Crippen LogP contribution in [-0.2, 0) is 9.59 Å². The van der Waals surface area contributed by atoms with E-state index >= 15 is 0 Å². The highest BCUT2D eigenvalue weighted by atomic mass is 79.9. The maximum absolute atomic E-state index is 11.4. The number of rotatable bonds is 5. The fraction of sp³-hybridized carbons (Fsp3) is 0.222. The maximum Gasteiger partial charge on any atom is 0.313 e. The molecule has 2 N–H and O–H groups in total. The first-order valence-electron chi connectivity index (χ1n) is 4.29. The third-order valence-electron chi connectivity index (χ3n) is 1.49. The van der Waals surface area contributed by atoms with E-state index in [9.17, 15) is 9.59 Å². The van der Waals surface area contributed by atoms with Gasteiger partial charge in [-0.1, -0.05) is 0 Å². The molecule has 0 spiro atoms. The normalized spacial score (nSPS) is 9.81. The van der Waals surface area contributed by atoms with Crippen LogP contribution in [0.5, 0.6) is 0 Å². The number of pyridine rings is 1. The molecule has 0 atom stereocenters. The molecule has 0 saturated carbocycles. The Kier molecular flexibility index (Phi) is 5.27. The predicted molar refractivity (Wildman–Crippen MR) is 65.5 cm³/mol. The average Bonchev–Trinajstić information content (AvgIpc) is 2.21. The smallest absolute Gasteiger partial charge is 0.313 e. The van der Waals surface area contributed by atoms with Crippen molar-refractivity contribution in [2.24, 2.45) is 0 Å². The highest BCUT2D eigenvalue weighted by Gasteiger charge is 2.06. The zero-order chi connectivity index (χ0) is 12.0. The van der Waals surface area contributed by atoms with Gasteiger partial charge in [0.1, 0.15) is 4.60 Å². The summed E-state index contributed by atoms with van der Waals surface area (Å²) in [6, 6.07) is 3.40. The van der Waals surface area contributed by atoms with Crippen LogP contribution in [0.2, 0.25) is 0 Å². The summed E-state index contributed by atoms with van der Waals surface area (Å²) in [7, 11) is 0. The van der Waals surface area contributed by atoms with E-state index in [0.29, 0.717) is 10.3 Å². The van der Waals surface area contributed by atoms with Gasteiger partial charge in [-0.3, -0.25) is 9.59 Å². The van der Waals surface area contributed by atoms with E-state index in [4.69, 9.17) is 5.11 Å². The second-order valence-corrected chi connectivity index (χ2v) is 4.51. The van der Waals surface area contributed by atoms with Gasteiger partial charge in [-0.05, 0) is 28.1 Å². The Bertz CT molecular complexity index is 400. The number of halogens is 1. The molecule has 0 aromatic carbocycles. The van der Waals surface area contributed by atoms with E-state index in [-0.39, 0.29) is 17.4 Å². The van der Waals surface area contributed by atoms with Gasteiger partial charge in [0.25, 0.3) is 0 Å². The fourth-order valence-electron chi connectivity index (χ4n) is 0.897. The Morgan fingerprint density at radius 1 is 1.50 bits per heavy atom. The number of carboxylic acids is 1. The number of carbonyl (C=O) groups is 2. The Labute approximate surface area is 105 Å². The first-order chi connectivity index (χ1) is 7.59. The lowest BCUT2D eigenvalue weighted by atomic mass is 10.4. The topological polar surface area (TPSA) is 79.3 Å². The molecule has 1 aromatic rings. The van der Waals surface area contributed by atoms with E-state index in [2.05, 4.69) is 26.2 Å². The van der Waals surface area contributed by atoms with Gasteiger partial charge >= 0.3 is 5.97 Å². The molecule has 7 heteroatoms. The first-order valence-corrected chi connectivity index (χ1v) is 6.24. The molecule has 0 aliphatic heterocycles. The summed E-state index contributed by atoms with van der Waals surface area (Å²) in [5.41, 5.74) is 0.573. The van der Waals surface area contributed by atoms with Gasteiger partial charge in [0.15, 0.2) is 0 Å². The number of nitrogens with zero attached hydrogens (tertiary/aromatic N) is 1. The molecule has 16 heavy (non-hydrogen) atoms. The lowest BCUT2D eigenvalue weighted by Gasteiger charge is -2.05.